The molecule has 1 aromatic heterocycles. The molecule has 5 heteroatoms. The van der Waals surface area contributed by atoms with Gasteiger partial charge in [-0.15, -0.1) is 11.3 Å². The van der Waals surface area contributed by atoms with Crippen molar-refractivity contribution < 1.29 is 4.74 Å². The van der Waals surface area contributed by atoms with Crippen molar-refractivity contribution in [2.75, 3.05) is 19.7 Å². The molecule has 2 rings (SSSR count). The molecule has 1 saturated heterocycles. The smallest absolute Gasteiger partial charge is 0.0850 e. The number of hydrogen-bond acceptors (Lipinski definition) is 4. The number of thiophene rings is 1. The minimum atomic E-state index is 0.108. The highest BCUT2D eigenvalue weighted by Crippen LogP contribution is 2.22. The van der Waals surface area contributed by atoms with Crippen molar-refractivity contribution in [3.63, 3.8) is 0 Å². The van der Waals surface area contributed by atoms with E-state index in [4.69, 9.17) is 10.5 Å². The summed E-state index contributed by atoms with van der Waals surface area (Å²) >= 11 is 5.22. The summed E-state index contributed by atoms with van der Waals surface area (Å²) in [6.45, 7) is 5.73. The van der Waals surface area contributed by atoms with Gasteiger partial charge in [-0.2, -0.15) is 0 Å². The quantitative estimate of drug-likeness (QED) is 0.929. The summed E-state index contributed by atoms with van der Waals surface area (Å²) in [5.74, 6) is 0. The van der Waals surface area contributed by atoms with E-state index in [-0.39, 0.29) is 12.1 Å². The predicted octanol–water partition coefficient (Wildman–Crippen LogP) is 2.06. The van der Waals surface area contributed by atoms with Crippen LogP contribution in [-0.4, -0.2) is 36.7 Å². The van der Waals surface area contributed by atoms with E-state index in [2.05, 4.69) is 32.3 Å². The van der Waals surface area contributed by atoms with E-state index < -0.39 is 0 Å². The van der Waals surface area contributed by atoms with Crippen LogP contribution >= 0.6 is 27.3 Å². The van der Waals surface area contributed by atoms with Gasteiger partial charge in [-0.3, -0.25) is 4.90 Å². The van der Waals surface area contributed by atoms with Crippen molar-refractivity contribution in [1.29, 1.82) is 0 Å². The molecule has 0 amide bonds. The molecule has 0 aliphatic carbocycles. The molecule has 0 radical (unpaired) electrons. The predicted molar refractivity (Wildman–Crippen MR) is 70.7 cm³/mol. The van der Waals surface area contributed by atoms with Gasteiger partial charge in [0.05, 0.1) is 16.5 Å². The van der Waals surface area contributed by atoms with Crippen molar-refractivity contribution in [3.05, 3.63) is 20.8 Å². The molecule has 90 valence electrons. The topological polar surface area (TPSA) is 38.5 Å². The van der Waals surface area contributed by atoms with Crippen molar-refractivity contribution in [3.8, 4) is 0 Å². The van der Waals surface area contributed by atoms with Crippen LogP contribution in [0.25, 0.3) is 0 Å². The Labute approximate surface area is 109 Å². The second-order valence-electron chi connectivity index (χ2n) is 4.26. The number of ether oxygens (including phenoxy) is 1. The van der Waals surface area contributed by atoms with Crippen LogP contribution in [-0.2, 0) is 11.3 Å². The molecule has 2 heterocycles. The van der Waals surface area contributed by atoms with Gasteiger partial charge in [0.2, 0.25) is 0 Å². The van der Waals surface area contributed by atoms with Crippen LogP contribution in [0.15, 0.2) is 15.2 Å². The van der Waals surface area contributed by atoms with Crippen molar-refractivity contribution >= 4 is 27.3 Å². The third-order valence-corrected chi connectivity index (χ3v) is 4.35. The van der Waals surface area contributed by atoms with Gasteiger partial charge in [0.1, 0.15) is 0 Å². The van der Waals surface area contributed by atoms with Crippen molar-refractivity contribution in [2.24, 2.45) is 5.73 Å². The Bertz CT molecular complexity index is 342. The molecule has 1 aromatic rings. The monoisotopic (exact) mass is 304 g/mol. The van der Waals surface area contributed by atoms with Crippen LogP contribution in [0.4, 0.5) is 0 Å². The number of halogens is 1. The molecule has 2 unspecified atom stereocenters. The summed E-state index contributed by atoms with van der Waals surface area (Å²) in [6.07, 6.45) is 0.177. The highest BCUT2D eigenvalue weighted by Gasteiger charge is 2.23. The second-order valence-corrected chi connectivity index (χ2v) is 6.55. The van der Waals surface area contributed by atoms with Crippen LogP contribution in [0.2, 0.25) is 0 Å². The fraction of sp³-hybridized carbons (Fsp3) is 0.636. The third kappa shape index (κ3) is 3.28. The summed E-state index contributed by atoms with van der Waals surface area (Å²) < 4.78 is 6.83. The Morgan fingerprint density at radius 1 is 1.75 bits per heavy atom. The third-order valence-electron chi connectivity index (χ3n) is 2.79. The molecule has 0 bridgehead atoms. The summed E-state index contributed by atoms with van der Waals surface area (Å²) in [4.78, 5) is 2.41. The average Bonchev–Trinajstić information content (AvgIpc) is 2.64. The summed E-state index contributed by atoms with van der Waals surface area (Å²) in [6, 6.07) is 2.29. The lowest BCUT2D eigenvalue weighted by Crippen LogP contribution is -2.49. The zero-order valence-corrected chi connectivity index (χ0v) is 11.8. The lowest BCUT2D eigenvalue weighted by molar-refractivity contribution is -0.0403. The van der Waals surface area contributed by atoms with Gasteiger partial charge in [-0.05, 0) is 39.9 Å². The van der Waals surface area contributed by atoms with E-state index >= 15 is 0 Å². The average molecular weight is 305 g/mol. The summed E-state index contributed by atoms with van der Waals surface area (Å²) in [7, 11) is 0. The van der Waals surface area contributed by atoms with Crippen LogP contribution in [0.1, 0.15) is 12.5 Å². The number of hydrogen-bond donors (Lipinski definition) is 1. The minimum absolute atomic E-state index is 0.108. The maximum atomic E-state index is 5.87. The molecule has 3 nitrogen and oxygen atoms in total. The number of nitrogens with zero attached hydrogens (tertiary/aromatic N) is 1. The molecule has 1 aliphatic rings. The van der Waals surface area contributed by atoms with Crippen LogP contribution in [0, 0.1) is 0 Å². The van der Waals surface area contributed by atoms with Gasteiger partial charge in [-0.1, -0.05) is 0 Å². The zero-order chi connectivity index (χ0) is 11.5. The fourth-order valence-corrected chi connectivity index (χ4v) is 3.08. The van der Waals surface area contributed by atoms with E-state index in [1.54, 1.807) is 11.3 Å². The lowest BCUT2D eigenvalue weighted by atomic mass is 10.1. The van der Waals surface area contributed by atoms with E-state index in [1.165, 1.54) is 9.35 Å². The van der Waals surface area contributed by atoms with Crippen LogP contribution in [0.3, 0.4) is 0 Å². The Hall–Kier alpha value is 0.0600. The van der Waals surface area contributed by atoms with Crippen molar-refractivity contribution in [2.45, 2.75) is 25.6 Å². The molecule has 0 saturated carbocycles. The zero-order valence-electron chi connectivity index (χ0n) is 9.36. The second kappa shape index (κ2) is 5.60. The lowest BCUT2D eigenvalue weighted by Gasteiger charge is -2.34. The van der Waals surface area contributed by atoms with Gasteiger partial charge < -0.3 is 10.5 Å². The Balaban J connectivity index is 1.90. The highest BCUT2D eigenvalue weighted by molar-refractivity contribution is 9.11. The van der Waals surface area contributed by atoms with Gasteiger partial charge in [0.15, 0.2) is 0 Å². The van der Waals surface area contributed by atoms with Gasteiger partial charge in [0.25, 0.3) is 0 Å². The molecule has 2 atom stereocenters. The number of rotatable bonds is 3. The molecule has 16 heavy (non-hydrogen) atoms. The first kappa shape index (κ1) is 12.5. The maximum Gasteiger partial charge on any atom is 0.0850 e. The van der Waals surface area contributed by atoms with Gasteiger partial charge >= 0.3 is 0 Å². The van der Waals surface area contributed by atoms with Crippen molar-refractivity contribution in [1.82, 2.24) is 4.90 Å². The van der Waals surface area contributed by atoms with E-state index in [0.29, 0.717) is 0 Å². The Morgan fingerprint density at radius 3 is 3.19 bits per heavy atom. The molecule has 0 spiro atoms. The molecular weight excluding hydrogens is 288 g/mol. The molecule has 2 N–H and O–H groups in total. The first-order valence-electron chi connectivity index (χ1n) is 5.47. The normalized spacial score (nSPS) is 24.6. The molecule has 1 aliphatic heterocycles. The van der Waals surface area contributed by atoms with Crippen LogP contribution in [0.5, 0.6) is 0 Å². The number of nitrogens with two attached hydrogens (primary N) is 1. The molecule has 0 aromatic carbocycles. The highest BCUT2D eigenvalue weighted by atomic mass is 79.9. The Kier molecular flexibility index (Phi) is 4.38. The maximum absolute atomic E-state index is 5.87. The first-order chi connectivity index (χ1) is 7.65. The van der Waals surface area contributed by atoms with Gasteiger partial charge in [-0.25, -0.2) is 0 Å². The first-order valence-corrected chi connectivity index (χ1v) is 7.15. The largest absolute Gasteiger partial charge is 0.374 e. The van der Waals surface area contributed by atoms with Gasteiger partial charge in [0, 0.05) is 25.7 Å². The van der Waals surface area contributed by atoms with E-state index in [0.717, 1.165) is 26.2 Å². The molecular formula is C11H17BrN2OS. The number of morpholine rings is 1. The molecule has 1 fully saturated rings. The minimum Gasteiger partial charge on any atom is -0.374 e. The fourth-order valence-electron chi connectivity index (χ4n) is 1.88. The van der Waals surface area contributed by atoms with Crippen LogP contribution < -0.4 is 5.73 Å². The Morgan fingerprint density at radius 2 is 2.56 bits per heavy atom. The van der Waals surface area contributed by atoms with E-state index in [9.17, 15) is 0 Å². The standard InChI is InChI=1S/C11H17BrN2OS/c1-8(13)10-6-14(2-3-15-10)5-9-4-11(12)16-7-9/h4,7-8,10H,2-3,5-6,13H2,1H3. The summed E-state index contributed by atoms with van der Waals surface area (Å²) in [5, 5.41) is 2.19. The van der Waals surface area contributed by atoms with E-state index in [1.807, 2.05) is 6.92 Å². The summed E-state index contributed by atoms with van der Waals surface area (Å²) in [5.41, 5.74) is 7.23. The SMILES string of the molecule is CC(N)C1CN(Cc2csc(Br)c2)CCO1.